The first kappa shape index (κ1) is 18.3. The zero-order chi connectivity index (χ0) is 18.9. The topological polar surface area (TPSA) is 89.9 Å². The minimum atomic E-state index is -1.28. The van der Waals surface area contributed by atoms with Gasteiger partial charge in [0.15, 0.2) is 0 Å². The van der Waals surface area contributed by atoms with Crippen LogP contribution in [-0.4, -0.2) is 58.9 Å². The second-order valence-electron chi connectivity index (χ2n) is 6.42. The number of benzene rings is 1. The normalized spacial score (nSPS) is 17.5. The number of carbonyl (C=O) groups is 3. The van der Waals surface area contributed by atoms with E-state index in [1.807, 2.05) is 30.3 Å². The first-order valence-corrected chi connectivity index (χ1v) is 9.25. The lowest BCUT2D eigenvalue weighted by atomic mass is 10.0. The van der Waals surface area contributed by atoms with Crippen molar-refractivity contribution in [3.8, 4) is 0 Å². The Hall–Kier alpha value is -2.45. The maximum absolute atomic E-state index is 12.3. The summed E-state index contributed by atoms with van der Waals surface area (Å²) in [5.74, 6) is -1.51. The van der Waals surface area contributed by atoms with Crippen LogP contribution in [0.4, 0.5) is 4.79 Å². The molecule has 2 N–H and O–H groups in total. The van der Waals surface area contributed by atoms with Crippen LogP contribution in [-0.2, 0) is 15.2 Å². The number of hydrogen-bond donors (Lipinski definition) is 2. The summed E-state index contributed by atoms with van der Waals surface area (Å²) in [6, 6.07) is 9.00. The molecule has 2 aromatic rings. The molecule has 1 aromatic heterocycles. The Balaban J connectivity index is 1.66. The summed E-state index contributed by atoms with van der Waals surface area (Å²) < 4.78 is 1.05. The molecule has 2 heterocycles. The molecule has 0 radical (unpaired) electrons. The molecule has 1 unspecified atom stereocenters. The van der Waals surface area contributed by atoms with Gasteiger partial charge in [-0.3, -0.25) is 14.5 Å². The van der Waals surface area contributed by atoms with Crippen molar-refractivity contribution in [2.24, 2.45) is 0 Å². The fourth-order valence-corrected chi connectivity index (χ4v) is 3.95. The van der Waals surface area contributed by atoms with E-state index in [2.05, 4.69) is 5.32 Å². The van der Waals surface area contributed by atoms with Crippen molar-refractivity contribution in [1.29, 1.82) is 0 Å². The van der Waals surface area contributed by atoms with Gasteiger partial charge in [0.05, 0.1) is 6.54 Å². The van der Waals surface area contributed by atoms with Gasteiger partial charge in [-0.05, 0) is 31.4 Å². The van der Waals surface area contributed by atoms with Gasteiger partial charge in [0.2, 0.25) is 0 Å². The largest absolute Gasteiger partial charge is 0.383 e. The van der Waals surface area contributed by atoms with Gasteiger partial charge in [0.1, 0.15) is 5.60 Å². The number of nitrogens with one attached hydrogen (secondary N) is 1. The molecule has 138 valence electrons. The van der Waals surface area contributed by atoms with Crippen LogP contribution in [0.5, 0.6) is 0 Å². The maximum Gasteiger partial charge on any atom is 0.324 e. The standard InChI is InChI=1S/C18H21N3O4S/c1-3-20-8-9-21(16(23)15(20)22)17(24)19-11-18(2,25)14-10-12-6-4-5-7-13(12)26-14/h4-7,10,25H,3,8-9,11H2,1-2H3,(H,19,24). The zero-order valence-electron chi connectivity index (χ0n) is 14.7. The van der Waals surface area contributed by atoms with Gasteiger partial charge in [-0.2, -0.15) is 0 Å². The SMILES string of the molecule is CCN1CCN(C(=O)NCC(C)(O)c2cc3ccccc3s2)C(=O)C1=O. The minimum Gasteiger partial charge on any atom is -0.383 e. The van der Waals surface area contributed by atoms with Gasteiger partial charge in [-0.1, -0.05) is 18.2 Å². The van der Waals surface area contributed by atoms with Crippen LogP contribution < -0.4 is 5.32 Å². The first-order valence-electron chi connectivity index (χ1n) is 8.43. The molecule has 7 nitrogen and oxygen atoms in total. The van der Waals surface area contributed by atoms with Crippen molar-refractivity contribution in [3.63, 3.8) is 0 Å². The van der Waals surface area contributed by atoms with E-state index in [1.165, 1.54) is 16.2 Å². The number of carbonyl (C=O) groups excluding carboxylic acids is 3. The van der Waals surface area contributed by atoms with E-state index in [0.717, 1.165) is 19.9 Å². The summed E-state index contributed by atoms with van der Waals surface area (Å²) in [5, 5.41) is 14.3. The molecule has 1 aromatic carbocycles. The number of imide groups is 1. The Labute approximate surface area is 155 Å². The second-order valence-corrected chi connectivity index (χ2v) is 7.51. The summed E-state index contributed by atoms with van der Waals surface area (Å²) in [7, 11) is 0. The molecule has 3 rings (SSSR count). The average molecular weight is 375 g/mol. The third kappa shape index (κ3) is 3.42. The number of nitrogens with zero attached hydrogens (tertiary/aromatic N) is 2. The number of hydrogen-bond acceptors (Lipinski definition) is 5. The Bertz CT molecular complexity index is 828. The maximum atomic E-state index is 12.3. The first-order chi connectivity index (χ1) is 12.3. The van der Waals surface area contributed by atoms with Gasteiger partial charge in [0, 0.05) is 29.2 Å². The summed E-state index contributed by atoms with van der Waals surface area (Å²) >= 11 is 1.45. The van der Waals surface area contributed by atoms with Crippen molar-refractivity contribution in [3.05, 3.63) is 35.2 Å². The number of rotatable bonds is 4. The Kier molecular flexibility index (Phi) is 4.97. The Morgan fingerprint density at radius 3 is 2.69 bits per heavy atom. The molecule has 26 heavy (non-hydrogen) atoms. The molecule has 0 saturated carbocycles. The molecule has 1 fully saturated rings. The molecule has 1 aliphatic heterocycles. The summed E-state index contributed by atoms with van der Waals surface area (Å²) in [5.41, 5.74) is -1.28. The molecule has 1 aliphatic rings. The highest BCUT2D eigenvalue weighted by Crippen LogP contribution is 2.32. The van der Waals surface area contributed by atoms with Crippen LogP contribution in [0.25, 0.3) is 10.1 Å². The van der Waals surface area contributed by atoms with Crippen molar-refractivity contribution >= 4 is 39.3 Å². The zero-order valence-corrected chi connectivity index (χ0v) is 15.5. The molecular weight excluding hydrogens is 354 g/mol. The van der Waals surface area contributed by atoms with E-state index in [-0.39, 0.29) is 13.1 Å². The smallest absolute Gasteiger partial charge is 0.324 e. The molecule has 1 saturated heterocycles. The van der Waals surface area contributed by atoms with Crippen LogP contribution in [0.3, 0.4) is 0 Å². The van der Waals surface area contributed by atoms with Crippen LogP contribution in [0, 0.1) is 0 Å². The predicted molar refractivity (Wildman–Crippen MR) is 98.8 cm³/mol. The van der Waals surface area contributed by atoms with Crippen LogP contribution in [0.1, 0.15) is 18.7 Å². The molecule has 8 heteroatoms. The number of likely N-dealkylation sites (N-methyl/N-ethyl adjacent to an activating group) is 1. The highest BCUT2D eigenvalue weighted by Gasteiger charge is 2.36. The predicted octanol–water partition coefficient (Wildman–Crippen LogP) is 1.51. The van der Waals surface area contributed by atoms with Crippen LogP contribution >= 0.6 is 11.3 Å². The monoisotopic (exact) mass is 375 g/mol. The lowest BCUT2D eigenvalue weighted by Crippen LogP contribution is -2.58. The molecule has 0 bridgehead atoms. The van der Waals surface area contributed by atoms with Gasteiger partial charge in [0.25, 0.3) is 0 Å². The van der Waals surface area contributed by atoms with Gasteiger partial charge < -0.3 is 15.3 Å². The number of urea groups is 1. The van der Waals surface area contributed by atoms with E-state index in [4.69, 9.17) is 0 Å². The number of thiophene rings is 1. The quantitative estimate of drug-likeness (QED) is 0.793. The van der Waals surface area contributed by atoms with Gasteiger partial charge in [-0.25, -0.2) is 4.79 Å². The van der Waals surface area contributed by atoms with Crippen molar-refractivity contribution in [2.45, 2.75) is 19.4 Å². The second kappa shape index (κ2) is 7.05. The van der Waals surface area contributed by atoms with Crippen molar-refractivity contribution in [1.82, 2.24) is 15.1 Å². The molecular formula is C18H21N3O4S. The number of amides is 4. The van der Waals surface area contributed by atoms with E-state index in [1.54, 1.807) is 13.8 Å². The third-order valence-electron chi connectivity index (χ3n) is 4.48. The average Bonchev–Trinajstić information content (AvgIpc) is 3.07. The molecule has 1 atom stereocenters. The summed E-state index contributed by atoms with van der Waals surface area (Å²) in [4.78, 5) is 39.3. The minimum absolute atomic E-state index is 0.0614. The van der Waals surface area contributed by atoms with E-state index < -0.39 is 23.4 Å². The highest BCUT2D eigenvalue weighted by atomic mass is 32.1. The number of fused-ring (bicyclic) bond motifs is 1. The van der Waals surface area contributed by atoms with E-state index in [0.29, 0.717) is 13.1 Å². The third-order valence-corrected chi connectivity index (χ3v) is 5.85. The number of aliphatic hydroxyl groups is 1. The molecule has 0 aliphatic carbocycles. The van der Waals surface area contributed by atoms with Crippen molar-refractivity contribution in [2.75, 3.05) is 26.2 Å². The lowest BCUT2D eigenvalue weighted by Gasteiger charge is -2.32. The summed E-state index contributed by atoms with van der Waals surface area (Å²) in [6.07, 6.45) is 0. The Morgan fingerprint density at radius 1 is 1.27 bits per heavy atom. The van der Waals surface area contributed by atoms with Crippen LogP contribution in [0.15, 0.2) is 30.3 Å². The number of piperazine rings is 1. The Morgan fingerprint density at radius 2 is 2.00 bits per heavy atom. The fourth-order valence-electron chi connectivity index (χ4n) is 2.85. The summed E-state index contributed by atoms with van der Waals surface area (Å²) in [6.45, 7) is 4.23. The van der Waals surface area contributed by atoms with E-state index >= 15 is 0 Å². The lowest BCUT2D eigenvalue weighted by molar-refractivity contribution is -0.153. The molecule has 0 spiro atoms. The van der Waals surface area contributed by atoms with Gasteiger partial charge >= 0.3 is 17.8 Å². The molecule has 4 amide bonds. The van der Waals surface area contributed by atoms with Crippen LogP contribution in [0.2, 0.25) is 0 Å². The fraction of sp³-hybridized carbons (Fsp3) is 0.389. The highest BCUT2D eigenvalue weighted by molar-refractivity contribution is 7.19. The van der Waals surface area contributed by atoms with E-state index in [9.17, 15) is 19.5 Å². The van der Waals surface area contributed by atoms with Gasteiger partial charge in [-0.15, -0.1) is 11.3 Å². The van der Waals surface area contributed by atoms with Crippen molar-refractivity contribution < 1.29 is 19.5 Å².